The van der Waals surface area contributed by atoms with E-state index < -0.39 is 5.60 Å². The minimum Gasteiger partial charge on any atom is -0.444 e. The molecule has 0 spiro atoms. The van der Waals surface area contributed by atoms with Crippen LogP contribution in [0.4, 0.5) is 4.79 Å². The van der Waals surface area contributed by atoms with Crippen LogP contribution in [0.5, 0.6) is 0 Å². The summed E-state index contributed by atoms with van der Waals surface area (Å²) in [7, 11) is 0. The Morgan fingerprint density at radius 2 is 2.24 bits per heavy atom. The second-order valence-corrected chi connectivity index (χ2v) is 6.84. The number of nitrogens with zero attached hydrogens (tertiary/aromatic N) is 1. The van der Waals surface area contributed by atoms with Gasteiger partial charge in [0.15, 0.2) is 0 Å². The highest BCUT2D eigenvalue weighted by atomic mass is 16.6. The number of dihydropyridines is 1. The number of piperidine rings is 1. The average molecular weight is 293 g/mol. The maximum Gasteiger partial charge on any atom is 0.407 e. The van der Waals surface area contributed by atoms with Crippen LogP contribution >= 0.6 is 0 Å². The van der Waals surface area contributed by atoms with Crippen LogP contribution in [0.25, 0.3) is 0 Å². The first-order valence-electron chi connectivity index (χ1n) is 7.68. The maximum atomic E-state index is 11.9. The molecule has 0 radical (unpaired) electrons. The third-order valence-electron chi connectivity index (χ3n) is 3.60. The summed E-state index contributed by atoms with van der Waals surface area (Å²) in [5, 5.41) is 6.34. The van der Waals surface area contributed by atoms with E-state index in [0.717, 1.165) is 25.9 Å². The van der Waals surface area contributed by atoms with Crippen molar-refractivity contribution in [1.82, 2.24) is 15.5 Å². The molecule has 118 valence electrons. The highest BCUT2D eigenvalue weighted by Crippen LogP contribution is 2.16. The summed E-state index contributed by atoms with van der Waals surface area (Å²) in [4.78, 5) is 14.2. The molecule has 0 aromatic rings. The van der Waals surface area contributed by atoms with Gasteiger partial charge in [0.05, 0.1) is 6.17 Å². The highest BCUT2D eigenvalue weighted by Gasteiger charge is 2.27. The number of ether oxygens (including phenoxy) is 1. The molecule has 0 aromatic carbocycles. The van der Waals surface area contributed by atoms with Gasteiger partial charge in [-0.25, -0.2) is 4.79 Å². The molecule has 2 N–H and O–H groups in total. The van der Waals surface area contributed by atoms with E-state index in [0.29, 0.717) is 0 Å². The molecule has 1 fully saturated rings. The van der Waals surface area contributed by atoms with Gasteiger partial charge in [0.25, 0.3) is 0 Å². The second kappa shape index (κ2) is 6.52. The van der Waals surface area contributed by atoms with Gasteiger partial charge in [-0.1, -0.05) is 5.57 Å². The molecule has 1 unspecified atom stereocenters. The molecule has 21 heavy (non-hydrogen) atoms. The van der Waals surface area contributed by atoms with E-state index in [1.807, 2.05) is 27.0 Å². The van der Waals surface area contributed by atoms with Gasteiger partial charge in [-0.3, -0.25) is 4.90 Å². The SMILES string of the molecule is CC1=CC(N2CCC[C@H](NC(=O)OC(C)(C)C)C2)NC=C1. The Morgan fingerprint density at radius 3 is 2.90 bits per heavy atom. The van der Waals surface area contributed by atoms with E-state index in [-0.39, 0.29) is 18.3 Å². The third-order valence-corrected chi connectivity index (χ3v) is 3.60. The fourth-order valence-corrected chi connectivity index (χ4v) is 2.69. The molecule has 2 aliphatic heterocycles. The lowest BCUT2D eigenvalue weighted by Crippen LogP contribution is -2.54. The smallest absolute Gasteiger partial charge is 0.407 e. The Kier molecular flexibility index (Phi) is 4.93. The van der Waals surface area contributed by atoms with E-state index in [1.54, 1.807) is 0 Å². The molecule has 2 rings (SSSR count). The number of carbonyl (C=O) groups excluding carboxylic acids is 1. The van der Waals surface area contributed by atoms with Crippen molar-refractivity contribution in [1.29, 1.82) is 0 Å². The summed E-state index contributed by atoms with van der Waals surface area (Å²) in [5.41, 5.74) is 0.814. The number of likely N-dealkylation sites (tertiary alicyclic amines) is 1. The van der Waals surface area contributed by atoms with Crippen molar-refractivity contribution in [2.45, 2.75) is 58.3 Å². The molecular formula is C16H27N3O2. The van der Waals surface area contributed by atoms with Crippen molar-refractivity contribution in [2.75, 3.05) is 13.1 Å². The van der Waals surface area contributed by atoms with Gasteiger partial charge < -0.3 is 15.4 Å². The second-order valence-electron chi connectivity index (χ2n) is 6.84. The molecule has 2 heterocycles. The number of nitrogens with one attached hydrogen (secondary N) is 2. The molecule has 0 aromatic heterocycles. The van der Waals surface area contributed by atoms with E-state index in [9.17, 15) is 4.79 Å². The Balaban J connectivity index is 1.86. The lowest BCUT2D eigenvalue weighted by molar-refractivity contribution is 0.0459. The molecule has 5 heteroatoms. The van der Waals surface area contributed by atoms with Gasteiger partial charge in [-0.15, -0.1) is 0 Å². The molecule has 0 bridgehead atoms. The van der Waals surface area contributed by atoms with E-state index >= 15 is 0 Å². The molecule has 2 aliphatic rings. The van der Waals surface area contributed by atoms with Gasteiger partial charge in [0.1, 0.15) is 5.60 Å². The molecular weight excluding hydrogens is 266 g/mol. The first-order valence-corrected chi connectivity index (χ1v) is 7.68. The summed E-state index contributed by atoms with van der Waals surface area (Å²) in [6, 6.07) is 0.148. The number of amides is 1. The number of hydrogen-bond donors (Lipinski definition) is 2. The fraction of sp³-hybridized carbons (Fsp3) is 0.688. The zero-order chi connectivity index (χ0) is 15.5. The van der Waals surface area contributed by atoms with E-state index in [1.165, 1.54) is 5.57 Å². The van der Waals surface area contributed by atoms with Gasteiger partial charge in [-0.2, -0.15) is 0 Å². The number of allylic oxidation sites excluding steroid dienone is 2. The Bertz CT molecular complexity index is 437. The van der Waals surface area contributed by atoms with E-state index in [4.69, 9.17) is 4.74 Å². The molecule has 1 amide bonds. The largest absolute Gasteiger partial charge is 0.444 e. The Hall–Kier alpha value is -1.49. The zero-order valence-electron chi connectivity index (χ0n) is 13.5. The lowest BCUT2D eigenvalue weighted by Gasteiger charge is -2.38. The third kappa shape index (κ3) is 5.08. The monoisotopic (exact) mass is 293 g/mol. The first kappa shape index (κ1) is 15.9. The van der Waals surface area contributed by atoms with Gasteiger partial charge in [0, 0.05) is 19.1 Å². The van der Waals surface area contributed by atoms with Crippen LogP contribution in [0.1, 0.15) is 40.5 Å². The number of carbonyl (C=O) groups is 1. The molecule has 1 saturated heterocycles. The van der Waals surface area contributed by atoms with Gasteiger partial charge in [-0.05, 0) is 58.9 Å². The van der Waals surface area contributed by atoms with Crippen LogP contribution in [0.2, 0.25) is 0 Å². The zero-order valence-corrected chi connectivity index (χ0v) is 13.5. The number of alkyl carbamates (subject to hydrolysis) is 1. The van der Waals surface area contributed by atoms with Crippen molar-refractivity contribution in [3.05, 3.63) is 23.9 Å². The number of rotatable bonds is 2. The standard InChI is InChI=1S/C16H27N3O2/c1-12-7-8-17-14(10-12)19-9-5-6-13(11-19)18-15(20)21-16(2,3)4/h7-8,10,13-14,17H,5-6,9,11H2,1-4H3,(H,18,20)/t13-,14?/m0/s1. The topological polar surface area (TPSA) is 53.6 Å². The average Bonchev–Trinajstić information content (AvgIpc) is 2.36. The summed E-state index contributed by atoms with van der Waals surface area (Å²) in [6.07, 6.45) is 8.25. The predicted molar refractivity (Wildman–Crippen MR) is 83.8 cm³/mol. The van der Waals surface area contributed by atoms with E-state index in [2.05, 4.69) is 34.6 Å². The van der Waals surface area contributed by atoms with Crippen molar-refractivity contribution >= 4 is 6.09 Å². The van der Waals surface area contributed by atoms with Gasteiger partial charge in [0.2, 0.25) is 0 Å². The van der Waals surface area contributed by atoms with Crippen molar-refractivity contribution in [3.63, 3.8) is 0 Å². The highest BCUT2D eigenvalue weighted by molar-refractivity contribution is 5.68. The molecule has 5 nitrogen and oxygen atoms in total. The molecule has 0 aliphatic carbocycles. The normalized spacial score (nSPS) is 26.8. The van der Waals surface area contributed by atoms with Crippen LogP contribution < -0.4 is 10.6 Å². The van der Waals surface area contributed by atoms with Crippen LogP contribution in [0.3, 0.4) is 0 Å². The minimum absolute atomic E-state index is 0.148. The molecule has 0 saturated carbocycles. The van der Waals surface area contributed by atoms with Crippen LogP contribution in [0, 0.1) is 0 Å². The first-order chi connectivity index (χ1) is 9.83. The van der Waals surface area contributed by atoms with Gasteiger partial charge >= 0.3 is 6.09 Å². The van der Waals surface area contributed by atoms with Crippen molar-refractivity contribution in [3.8, 4) is 0 Å². The Morgan fingerprint density at radius 1 is 1.48 bits per heavy atom. The minimum atomic E-state index is -0.450. The summed E-state index contributed by atoms with van der Waals surface area (Å²) in [6.45, 7) is 9.63. The molecule has 2 atom stereocenters. The number of hydrogen-bond acceptors (Lipinski definition) is 4. The summed E-state index contributed by atoms with van der Waals surface area (Å²) in [5.74, 6) is 0. The van der Waals surface area contributed by atoms with Crippen LogP contribution in [-0.4, -0.2) is 41.9 Å². The quantitative estimate of drug-likeness (QED) is 0.820. The maximum absolute atomic E-state index is 11.9. The summed E-state index contributed by atoms with van der Waals surface area (Å²) >= 11 is 0. The Labute approximate surface area is 127 Å². The predicted octanol–water partition coefficient (Wildman–Crippen LogP) is 2.36. The van der Waals surface area contributed by atoms with Crippen LogP contribution in [0.15, 0.2) is 23.9 Å². The fourth-order valence-electron chi connectivity index (χ4n) is 2.69. The van der Waals surface area contributed by atoms with Crippen molar-refractivity contribution in [2.24, 2.45) is 0 Å². The summed E-state index contributed by atoms with van der Waals surface area (Å²) < 4.78 is 5.33. The van der Waals surface area contributed by atoms with Crippen LogP contribution in [-0.2, 0) is 4.74 Å². The lowest BCUT2D eigenvalue weighted by atomic mass is 10.0. The van der Waals surface area contributed by atoms with Crippen molar-refractivity contribution < 1.29 is 9.53 Å².